The smallest absolute Gasteiger partial charge is 0.255 e. The summed E-state index contributed by atoms with van der Waals surface area (Å²) in [7, 11) is 1.97. The average Bonchev–Trinajstić information content (AvgIpc) is 2.94. The summed E-state index contributed by atoms with van der Waals surface area (Å²) in [6.07, 6.45) is 6.04. The van der Waals surface area contributed by atoms with E-state index in [1.54, 1.807) is 18.6 Å². The summed E-state index contributed by atoms with van der Waals surface area (Å²) in [6, 6.07) is 5.54. The molecule has 1 aliphatic heterocycles. The van der Waals surface area contributed by atoms with E-state index in [-0.39, 0.29) is 5.91 Å². The number of hydrogen-bond donors (Lipinski definition) is 0. The van der Waals surface area contributed by atoms with Crippen LogP contribution in [0, 0.1) is 0 Å². The van der Waals surface area contributed by atoms with Crippen LogP contribution in [-0.2, 0) is 0 Å². The van der Waals surface area contributed by atoms with E-state index in [0.29, 0.717) is 12.1 Å². The van der Waals surface area contributed by atoms with Gasteiger partial charge in [0.25, 0.3) is 5.91 Å². The van der Waals surface area contributed by atoms with Crippen LogP contribution in [-0.4, -0.2) is 65.5 Å². The van der Waals surface area contributed by atoms with E-state index in [9.17, 15) is 4.79 Å². The van der Waals surface area contributed by atoms with Crippen LogP contribution in [0.5, 0.6) is 0 Å². The predicted octanol–water partition coefficient (Wildman–Crippen LogP) is 2.24. The Balaban J connectivity index is 1.63. The van der Waals surface area contributed by atoms with Gasteiger partial charge in [0.2, 0.25) is 5.95 Å². The summed E-state index contributed by atoms with van der Waals surface area (Å²) < 4.78 is 0. The van der Waals surface area contributed by atoms with Gasteiger partial charge >= 0.3 is 0 Å². The van der Waals surface area contributed by atoms with Crippen molar-refractivity contribution in [2.75, 3.05) is 49.6 Å². The monoisotopic (exact) mass is 366 g/mol. The molecule has 1 fully saturated rings. The molecule has 0 aromatic carbocycles. The van der Waals surface area contributed by atoms with Crippen molar-refractivity contribution in [3.8, 4) is 0 Å². The van der Waals surface area contributed by atoms with E-state index in [1.165, 1.54) is 0 Å². The Labute approximate surface area is 160 Å². The highest BCUT2D eigenvalue weighted by Gasteiger charge is 2.21. The van der Waals surface area contributed by atoms with Gasteiger partial charge in [0.05, 0.1) is 5.56 Å². The third kappa shape index (κ3) is 4.81. The number of nitrogens with zero attached hydrogens (tertiary/aromatic N) is 6. The number of likely N-dealkylation sites (N-methyl/N-ethyl adjacent to an activating group) is 1. The molecule has 1 aliphatic rings. The second-order valence-electron chi connectivity index (χ2n) is 6.90. The molecule has 0 bridgehead atoms. The minimum absolute atomic E-state index is 0.0208. The number of amides is 1. The molecule has 2 aromatic rings. The fraction of sp³-hybridized carbons (Fsp3) is 0.400. The first-order chi connectivity index (χ1) is 13.0. The Morgan fingerprint density at radius 2 is 1.93 bits per heavy atom. The van der Waals surface area contributed by atoms with Gasteiger partial charge in [-0.25, -0.2) is 15.0 Å². The number of anilines is 2. The van der Waals surface area contributed by atoms with E-state index in [1.807, 2.05) is 42.0 Å². The summed E-state index contributed by atoms with van der Waals surface area (Å²) >= 11 is 0. The largest absolute Gasteiger partial charge is 0.356 e. The van der Waals surface area contributed by atoms with Gasteiger partial charge in [0, 0.05) is 58.4 Å². The van der Waals surface area contributed by atoms with E-state index >= 15 is 0 Å². The van der Waals surface area contributed by atoms with Crippen LogP contribution in [0.1, 0.15) is 23.7 Å². The van der Waals surface area contributed by atoms with Gasteiger partial charge in [-0.2, -0.15) is 0 Å². The van der Waals surface area contributed by atoms with Gasteiger partial charge in [-0.05, 0) is 31.5 Å². The molecule has 1 saturated heterocycles. The lowest BCUT2D eigenvalue weighted by atomic mass is 10.2. The standard InChI is InChI=1S/C20H26N6O/c1-16(2)15-24(3)18-7-6-17(14-23-18)19(27)25-10-5-11-26(13-12-25)20-21-8-4-9-22-20/h4,6-9,14H,1,5,10-13,15H2,2-3H3. The highest BCUT2D eigenvalue weighted by atomic mass is 16.2. The fourth-order valence-electron chi connectivity index (χ4n) is 3.18. The van der Waals surface area contributed by atoms with Crippen LogP contribution in [0.15, 0.2) is 48.9 Å². The lowest BCUT2D eigenvalue weighted by Gasteiger charge is -2.22. The summed E-state index contributed by atoms with van der Waals surface area (Å²) in [5, 5.41) is 0. The fourth-order valence-corrected chi connectivity index (χ4v) is 3.18. The molecule has 1 amide bonds. The Hall–Kier alpha value is -2.96. The molecule has 7 heteroatoms. The maximum Gasteiger partial charge on any atom is 0.255 e. The minimum Gasteiger partial charge on any atom is -0.356 e. The minimum atomic E-state index is 0.0208. The molecule has 7 nitrogen and oxygen atoms in total. The van der Waals surface area contributed by atoms with Crippen LogP contribution >= 0.6 is 0 Å². The van der Waals surface area contributed by atoms with Gasteiger partial charge in [0.1, 0.15) is 5.82 Å². The van der Waals surface area contributed by atoms with Crippen LogP contribution in [0.25, 0.3) is 0 Å². The molecule has 3 rings (SSSR count). The predicted molar refractivity (Wildman–Crippen MR) is 107 cm³/mol. The SMILES string of the molecule is C=C(C)CN(C)c1ccc(C(=O)N2CCCN(c3ncccn3)CC2)cn1. The van der Waals surface area contributed by atoms with E-state index in [4.69, 9.17) is 0 Å². The Morgan fingerprint density at radius 3 is 2.59 bits per heavy atom. The topological polar surface area (TPSA) is 65.5 Å². The highest BCUT2D eigenvalue weighted by Crippen LogP contribution is 2.15. The first kappa shape index (κ1) is 18.8. The second kappa shape index (κ2) is 8.62. The average molecular weight is 366 g/mol. The molecular weight excluding hydrogens is 340 g/mol. The molecule has 0 N–H and O–H groups in total. The highest BCUT2D eigenvalue weighted by molar-refractivity contribution is 5.94. The van der Waals surface area contributed by atoms with Crippen LogP contribution in [0.2, 0.25) is 0 Å². The third-order valence-electron chi connectivity index (χ3n) is 4.51. The van der Waals surface area contributed by atoms with Gasteiger partial charge < -0.3 is 14.7 Å². The van der Waals surface area contributed by atoms with E-state index in [0.717, 1.165) is 49.9 Å². The normalized spacial score (nSPS) is 14.6. The quantitative estimate of drug-likeness (QED) is 0.756. The Kier molecular flexibility index (Phi) is 6.01. The molecule has 0 radical (unpaired) electrons. The molecule has 0 spiro atoms. The number of carbonyl (C=O) groups is 1. The molecule has 0 atom stereocenters. The molecule has 2 aromatic heterocycles. The first-order valence-corrected chi connectivity index (χ1v) is 9.17. The van der Waals surface area contributed by atoms with Crippen molar-refractivity contribution in [2.45, 2.75) is 13.3 Å². The second-order valence-corrected chi connectivity index (χ2v) is 6.90. The van der Waals surface area contributed by atoms with Crippen molar-refractivity contribution in [1.29, 1.82) is 0 Å². The number of aromatic nitrogens is 3. The van der Waals surface area contributed by atoms with Crippen molar-refractivity contribution in [3.05, 3.63) is 54.5 Å². The van der Waals surface area contributed by atoms with Crippen molar-refractivity contribution >= 4 is 17.7 Å². The van der Waals surface area contributed by atoms with E-state index < -0.39 is 0 Å². The van der Waals surface area contributed by atoms with Crippen molar-refractivity contribution in [2.24, 2.45) is 0 Å². The van der Waals surface area contributed by atoms with Gasteiger partial charge in [0.15, 0.2) is 0 Å². The zero-order valence-corrected chi connectivity index (χ0v) is 16.0. The Morgan fingerprint density at radius 1 is 1.15 bits per heavy atom. The summed E-state index contributed by atoms with van der Waals surface area (Å²) in [5.74, 6) is 1.57. The summed E-state index contributed by atoms with van der Waals surface area (Å²) in [6.45, 7) is 9.58. The van der Waals surface area contributed by atoms with Crippen molar-refractivity contribution in [3.63, 3.8) is 0 Å². The molecule has 0 unspecified atom stereocenters. The summed E-state index contributed by atoms with van der Waals surface area (Å²) in [4.78, 5) is 31.9. The lowest BCUT2D eigenvalue weighted by Crippen LogP contribution is -2.35. The zero-order chi connectivity index (χ0) is 19.2. The number of hydrogen-bond acceptors (Lipinski definition) is 6. The maximum atomic E-state index is 12.9. The summed E-state index contributed by atoms with van der Waals surface area (Å²) in [5.41, 5.74) is 1.68. The number of pyridine rings is 1. The van der Waals surface area contributed by atoms with Crippen LogP contribution in [0.3, 0.4) is 0 Å². The molecule has 27 heavy (non-hydrogen) atoms. The third-order valence-corrected chi connectivity index (χ3v) is 4.51. The lowest BCUT2D eigenvalue weighted by molar-refractivity contribution is 0.0766. The number of carbonyl (C=O) groups excluding carboxylic acids is 1. The first-order valence-electron chi connectivity index (χ1n) is 9.17. The van der Waals surface area contributed by atoms with Crippen LogP contribution < -0.4 is 9.80 Å². The molecule has 0 saturated carbocycles. The zero-order valence-electron chi connectivity index (χ0n) is 16.0. The van der Waals surface area contributed by atoms with Gasteiger partial charge in [-0.1, -0.05) is 12.2 Å². The number of rotatable bonds is 5. The van der Waals surface area contributed by atoms with Crippen molar-refractivity contribution in [1.82, 2.24) is 19.9 Å². The van der Waals surface area contributed by atoms with Crippen molar-refractivity contribution < 1.29 is 4.79 Å². The molecular formula is C20H26N6O. The molecule has 0 aliphatic carbocycles. The van der Waals surface area contributed by atoms with Gasteiger partial charge in [-0.3, -0.25) is 4.79 Å². The van der Waals surface area contributed by atoms with Gasteiger partial charge in [-0.15, -0.1) is 0 Å². The molecule has 3 heterocycles. The Bertz CT molecular complexity index is 777. The van der Waals surface area contributed by atoms with E-state index in [2.05, 4.69) is 26.4 Å². The molecule has 142 valence electrons. The van der Waals surface area contributed by atoms with Crippen LogP contribution in [0.4, 0.5) is 11.8 Å². The maximum absolute atomic E-state index is 12.9.